The van der Waals surface area contributed by atoms with Gasteiger partial charge in [-0.15, -0.1) is 13.2 Å². The van der Waals surface area contributed by atoms with E-state index in [1.54, 1.807) is 12.1 Å². The number of carbonyl (C=O) groups is 2. The third-order valence-corrected chi connectivity index (χ3v) is 5.50. The van der Waals surface area contributed by atoms with Crippen LogP contribution in [-0.2, 0) is 4.79 Å². The van der Waals surface area contributed by atoms with E-state index in [9.17, 15) is 22.8 Å². The zero-order chi connectivity index (χ0) is 23.6. The normalized spacial score (nSPS) is 12.3. The van der Waals surface area contributed by atoms with Crippen LogP contribution < -0.4 is 21.1 Å². The van der Waals surface area contributed by atoms with Gasteiger partial charge in [0, 0.05) is 16.7 Å². The van der Waals surface area contributed by atoms with Gasteiger partial charge in [0.2, 0.25) is 17.6 Å². The molecule has 4 N–H and O–H groups in total. The Bertz CT molecular complexity index is 1140. The quantitative estimate of drug-likeness (QED) is 0.486. The van der Waals surface area contributed by atoms with E-state index < -0.39 is 30.0 Å². The molecular formula is C19H15ClF3N5O3S. The fourth-order valence-electron chi connectivity index (χ4n) is 2.64. The Morgan fingerprint density at radius 3 is 2.38 bits per heavy atom. The minimum atomic E-state index is -4.91. The van der Waals surface area contributed by atoms with Crippen molar-refractivity contribution in [3.63, 3.8) is 0 Å². The number of ketones is 1. The van der Waals surface area contributed by atoms with Gasteiger partial charge in [-0.3, -0.25) is 9.59 Å². The van der Waals surface area contributed by atoms with Crippen LogP contribution in [0.3, 0.4) is 0 Å². The molecule has 0 fully saturated rings. The molecule has 168 valence electrons. The van der Waals surface area contributed by atoms with E-state index >= 15 is 0 Å². The minimum absolute atomic E-state index is 0.0865. The minimum Gasteiger partial charge on any atom is -0.388 e. The van der Waals surface area contributed by atoms with Gasteiger partial charge in [-0.2, -0.15) is 0 Å². The monoisotopic (exact) mass is 485 g/mol. The Morgan fingerprint density at radius 1 is 1.19 bits per heavy atom. The van der Waals surface area contributed by atoms with E-state index in [1.807, 2.05) is 0 Å². The molecule has 1 atom stereocenters. The number of pyridine rings is 1. The number of nitrogens with two attached hydrogens (primary N) is 2. The van der Waals surface area contributed by atoms with Gasteiger partial charge < -0.3 is 21.1 Å². The third-order valence-electron chi connectivity index (χ3n) is 4.18. The maximum absolute atomic E-state index is 12.8. The van der Waals surface area contributed by atoms with Crippen LogP contribution in [0.4, 0.5) is 29.8 Å². The fourth-order valence-corrected chi connectivity index (χ4v) is 3.81. The van der Waals surface area contributed by atoms with Crippen LogP contribution in [0.15, 0.2) is 42.6 Å². The van der Waals surface area contributed by atoms with Gasteiger partial charge in [0.25, 0.3) is 0 Å². The summed E-state index contributed by atoms with van der Waals surface area (Å²) in [7, 11) is 0. The molecule has 0 saturated heterocycles. The van der Waals surface area contributed by atoms with E-state index in [-0.39, 0.29) is 21.5 Å². The summed E-state index contributed by atoms with van der Waals surface area (Å²) >= 11 is 6.73. The first-order valence-electron chi connectivity index (χ1n) is 8.83. The lowest BCUT2D eigenvalue weighted by Crippen LogP contribution is -2.40. The summed E-state index contributed by atoms with van der Waals surface area (Å²) in [5.74, 6) is -1.94. The average molecular weight is 486 g/mol. The second-order valence-corrected chi connectivity index (χ2v) is 7.81. The van der Waals surface area contributed by atoms with Crippen molar-refractivity contribution in [2.45, 2.75) is 19.3 Å². The van der Waals surface area contributed by atoms with Crippen molar-refractivity contribution in [1.29, 1.82) is 0 Å². The molecule has 0 spiro atoms. The molecule has 32 heavy (non-hydrogen) atoms. The van der Waals surface area contributed by atoms with Gasteiger partial charge in [0.1, 0.15) is 16.7 Å². The number of primary amides is 1. The molecule has 2 heterocycles. The first-order valence-corrected chi connectivity index (χ1v) is 10.0. The average Bonchev–Trinajstić information content (AvgIpc) is 3.09. The number of benzene rings is 1. The Balaban J connectivity index is 1.98. The lowest BCUT2D eigenvalue weighted by Gasteiger charge is -2.26. The summed E-state index contributed by atoms with van der Waals surface area (Å²) in [5.41, 5.74) is 11.9. The van der Waals surface area contributed by atoms with Gasteiger partial charge in [-0.05, 0) is 37.3 Å². The molecule has 0 aliphatic heterocycles. The van der Waals surface area contributed by atoms with Crippen molar-refractivity contribution in [2.24, 2.45) is 5.73 Å². The van der Waals surface area contributed by atoms with Crippen LogP contribution in [0, 0.1) is 0 Å². The van der Waals surface area contributed by atoms with E-state index in [4.69, 9.17) is 23.1 Å². The summed E-state index contributed by atoms with van der Waals surface area (Å²) in [6.07, 6.45) is -3.85. The highest BCUT2D eigenvalue weighted by atomic mass is 35.5. The highest BCUT2D eigenvalue weighted by Crippen LogP contribution is 2.36. The molecule has 0 radical (unpaired) electrons. The van der Waals surface area contributed by atoms with Crippen LogP contribution in [0.5, 0.6) is 5.88 Å². The van der Waals surface area contributed by atoms with Crippen LogP contribution in [0.1, 0.15) is 22.2 Å². The van der Waals surface area contributed by atoms with Crippen molar-refractivity contribution >= 4 is 51.3 Å². The highest BCUT2D eigenvalue weighted by Gasteiger charge is 2.32. The maximum atomic E-state index is 12.8. The molecular weight excluding hydrogens is 471 g/mol. The number of hydrogen-bond donors (Lipinski definition) is 2. The molecule has 13 heteroatoms. The highest BCUT2D eigenvalue weighted by molar-refractivity contribution is 7.18. The summed E-state index contributed by atoms with van der Waals surface area (Å²) in [6.45, 7) is 1.46. The summed E-state index contributed by atoms with van der Waals surface area (Å²) in [6, 6.07) is 7.37. The first kappa shape index (κ1) is 23.3. The molecule has 8 nitrogen and oxygen atoms in total. The second kappa shape index (κ2) is 9.01. The predicted molar refractivity (Wildman–Crippen MR) is 113 cm³/mol. The van der Waals surface area contributed by atoms with Crippen LogP contribution in [0.25, 0.3) is 0 Å². The van der Waals surface area contributed by atoms with Crippen molar-refractivity contribution in [1.82, 2.24) is 9.97 Å². The molecule has 0 aliphatic rings. The van der Waals surface area contributed by atoms with Crippen LogP contribution >= 0.6 is 22.9 Å². The third kappa shape index (κ3) is 5.26. The number of halogens is 4. The second-order valence-electron chi connectivity index (χ2n) is 6.40. The lowest BCUT2D eigenvalue weighted by atomic mass is 10.1. The number of alkyl halides is 3. The zero-order valence-corrected chi connectivity index (χ0v) is 17.8. The number of amides is 1. The molecule has 3 aromatic rings. The number of rotatable bonds is 7. The smallest absolute Gasteiger partial charge is 0.388 e. The molecule has 1 amide bonds. The van der Waals surface area contributed by atoms with Crippen molar-refractivity contribution in [3.8, 4) is 5.88 Å². The standard InChI is InChI=1S/C19H15ClF3N5O3S/c1-9(17(25)30)28(12-6-7-13(26-8-12)31-19(21,22)23)18-27-16(24)15(32-18)14(29)10-2-4-11(20)5-3-10/h2-9H,24H2,1H3,(H2,25,30)/t9-/m1/s1. The molecule has 0 aliphatic carbocycles. The molecule has 2 aromatic heterocycles. The van der Waals surface area contributed by atoms with Gasteiger partial charge in [0.05, 0.1) is 11.9 Å². The summed E-state index contributed by atoms with van der Waals surface area (Å²) in [4.78, 5) is 33.9. The lowest BCUT2D eigenvalue weighted by molar-refractivity contribution is -0.276. The predicted octanol–water partition coefficient (Wildman–Crippen LogP) is 3.92. The van der Waals surface area contributed by atoms with E-state index in [0.717, 1.165) is 23.6 Å². The van der Waals surface area contributed by atoms with Gasteiger partial charge >= 0.3 is 6.36 Å². The SMILES string of the molecule is C[C@H](C(N)=O)N(c1ccc(OC(F)(F)F)nc1)c1nc(N)c(C(=O)c2ccc(Cl)cc2)s1. The number of nitrogen functional groups attached to an aromatic ring is 1. The maximum Gasteiger partial charge on any atom is 0.574 e. The number of carbonyl (C=O) groups excluding carboxylic acids is 2. The Morgan fingerprint density at radius 2 is 1.84 bits per heavy atom. The van der Waals surface area contributed by atoms with Crippen molar-refractivity contribution in [3.05, 3.63) is 58.1 Å². The van der Waals surface area contributed by atoms with E-state index in [1.165, 1.54) is 30.0 Å². The number of aromatic nitrogens is 2. The Kier molecular flexibility index (Phi) is 6.55. The largest absolute Gasteiger partial charge is 0.574 e. The molecule has 3 rings (SSSR count). The van der Waals surface area contributed by atoms with Crippen molar-refractivity contribution in [2.75, 3.05) is 10.6 Å². The van der Waals surface area contributed by atoms with Crippen LogP contribution in [0.2, 0.25) is 5.02 Å². The number of thiazole rings is 1. The van der Waals surface area contributed by atoms with E-state index in [0.29, 0.717) is 10.6 Å². The molecule has 0 unspecified atom stereocenters. The number of hydrogen-bond acceptors (Lipinski definition) is 8. The fraction of sp³-hybridized carbons (Fsp3) is 0.158. The topological polar surface area (TPSA) is 124 Å². The molecule has 0 saturated carbocycles. The van der Waals surface area contributed by atoms with Gasteiger partial charge in [-0.1, -0.05) is 22.9 Å². The summed E-state index contributed by atoms with van der Waals surface area (Å²) < 4.78 is 40.9. The molecule has 0 bridgehead atoms. The molecule has 1 aromatic carbocycles. The summed E-state index contributed by atoms with van der Waals surface area (Å²) in [5, 5.41) is 0.573. The van der Waals surface area contributed by atoms with Gasteiger partial charge in [0.15, 0.2) is 5.13 Å². The Labute approximate surface area is 188 Å². The van der Waals surface area contributed by atoms with Crippen molar-refractivity contribution < 1.29 is 27.5 Å². The number of anilines is 3. The van der Waals surface area contributed by atoms with Gasteiger partial charge in [-0.25, -0.2) is 9.97 Å². The van der Waals surface area contributed by atoms with E-state index in [2.05, 4.69) is 14.7 Å². The number of nitrogens with zero attached hydrogens (tertiary/aromatic N) is 3. The zero-order valence-electron chi connectivity index (χ0n) is 16.3. The first-order chi connectivity index (χ1) is 15.0. The Hall–Kier alpha value is -3.38. The van der Waals surface area contributed by atoms with Crippen LogP contribution in [-0.4, -0.2) is 34.1 Å². The number of ether oxygens (including phenoxy) is 1.